The molecule has 0 spiro atoms. The van der Waals surface area contributed by atoms with E-state index in [1.807, 2.05) is 0 Å². The van der Waals surface area contributed by atoms with E-state index in [9.17, 15) is 4.39 Å². The normalized spacial score (nSPS) is 10.8. The zero-order valence-corrected chi connectivity index (χ0v) is 12.1. The lowest BCUT2D eigenvalue weighted by atomic mass is 10.2. The van der Waals surface area contributed by atoms with E-state index in [1.165, 1.54) is 6.07 Å². The van der Waals surface area contributed by atoms with Gasteiger partial charge in [0.15, 0.2) is 11.6 Å². The largest absolute Gasteiger partial charge is 0.484 e. The number of hydrogen-bond acceptors (Lipinski definition) is 2. The molecule has 1 aromatic carbocycles. The minimum Gasteiger partial charge on any atom is -0.484 e. The van der Waals surface area contributed by atoms with Gasteiger partial charge in [0.05, 0.1) is 22.3 Å². The summed E-state index contributed by atoms with van der Waals surface area (Å²) in [5, 5.41) is 4.71. The second kappa shape index (κ2) is 5.80. The number of hydrogen-bond donors (Lipinski definition) is 0. The second-order valence-electron chi connectivity index (χ2n) is 4.12. The molecule has 2 rings (SSSR count). The topological polar surface area (TPSA) is 27.1 Å². The summed E-state index contributed by atoms with van der Waals surface area (Å²) in [5.41, 5.74) is 2.02. The molecule has 102 valence electrons. The molecule has 0 atom stereocenters. The molecule has 1 aromatic heterocycles. The molecule has 0 unspecified atom stereocenters. The maximum absolute atomic E-state index is 13.7. The first-order chi connectivity index (χ1) is 9.04. The fourth-order valence-electron chi connectivity index (χ4n) is 1.80. The van der Waals surface area contributed by atoms with Gasteiger partial charge in [-0.2, -0.15) is 5.10 Å². The first-order valence-electron chi connectivity index (χ1n) is 5.68. The van der Waals surface area contributed by atoms with Crippen molar-refractivity contribution < 1.29 is 9.13 Å². The minimum atomic E-state index is -0.437. The highest BCUT2D eigenvalue weighted by atomic mass is 35.5. The van der Waals surface area contributed by atoms with Gasteiger partial charge in [-0.3, -0.25) is 4.68 Å². The minimum absolute atomic E-state index is 0.140. The lowest BCUT2D eigenvalue weighted by molar-refractivity contribution is 0.278. The SMILES string of the molecule is Cc1nn(C)c(COc2c(F)cccc2CCl)c1Cl. The highest BCUT2D eigenvalue weighted by Gasteiger charge is 2.14. The van der Waals surface area contributed by atoms with Gasteiger partial charge in [0.1, 0.15) is 6.61 Å². The molecule has 0 bridgehead atoms. The van der Waals surface area contributed by atoms with Crippen LogP contribution in [-0.2, 0) is 19.5 Å². The molecular weight excluding hydrogens is 290 g/mol. The van der Waals surface area contributed by atoms with Gasteiger partial charge in [0.25, 0.3) is 0 Å². The molecule has 3 nitrogen and oxygen atoms in total. The zero-order valence-electron chi connectivity index (χ0n) is 10.6. The number of halogens is 3. The fraction of sp³-hybridized carbons (Fsp3) is 0.308. The van der Waals surface area contributed by atoms with Gasteiger partial charge in [-0.1, -0.05) is 23.7 Å². The van der Waals surface area contributed by atoms with Crippen molar-refractivity contribution in [2.45, 2.75) is 19.4 Å². The molecule has 0 fully saturated rings. The van der Waals surface area contributed by atoms with Crippen LogP contribution in [0.3, 0.4) is 0 Å². The lowest BCUT2D eigenvalue weighted by Crippen LogP contribution is -2.05. The van der Waals surface area contributed by atoms with Crippen molar-refractivity contribution in [2.24, 2.45) is 7.05 Å². The van der Waals surface area contributed by atoms with E-state index in [1.54, 1.807) is 30.8 Å². The smallest absolute Gasteiger partial charge is 0.165 e. The molecule has 0 amide bonds. The van der Waals surface area contributed by atoms with Gasteiger partial charge in [0.2, 0.25) is 0 Å². The second-order valence-corrected chi connectivity index (χ2v) is 4.77. The van der Waals surface area contributed by atoms with Crippen LogP contribution in [-0.4, -0.2) is 9.78 Å². The lowest BCUT2D eigenvalue weighted by Gasteiger charge is -2.11. The van der Waals surface area contributed by atoms with E-state index in [4.69, 9.17) is 27.9 Å². The Morgan fingerprint density at radius 3 is 2.74 bits per heavy atom. The molecule has 0 saturated heterocycles. The molecule has 0 saturated carbocycles. The van der Waals surface area contributed by atoms with Crippen LogP contribution in [0.4, 0.5) is 4.39 Å². The summed E-state index contributed by atoms with van der Waals surface area (Å²) in [5.74, 6) is -0.0915. The van der Waals surface area contributed by atoms with Crippen LogP contribution in [0.5, 0.6) is 5.75 Å². The number of benzene rings is 1. The summed E-state index contributed by atoms with van der Waals surface area (Å²) in [6.07, 6.45) is 0. The Bertz CT molecular complexity index is 599. The highest BCUT2D eigenvalue weighted by molar-refractivity contribution is 6.31. The monoisotopic (exact) mass is 302 g/mol. The quantitative estimate of drug-likeness (QED) is 0.802. The molecule has 19 heavy (non-hydrogen) atoms. The van der Waals surface area contributed by atoms with Crippen molar-refractivity contribution in [2.75, 3.05) is 0 Å². The summed E-state index contributed by atoms with van der Waals surface area (Å²) >= 11 is 11.9. The number of aromatic nitrogens is 2. The Hall–Kier alpha value is -1.26. The molecule has 0 radical (unpaired) electrons. The van der Waals surface area contributed by atoms with E-state index >= 15 is 0 Å². The van der Waals surface area contributed by atoms with E-state index < -0.39 is 5.82 Å². The third-order valence-electron chi connectivity index (χ3n) is 2.81. The Kier molecular flexibility index (Phi) is 4.32. The number of para-hydroxylation sites is 1. The van der Waals surface area contributed by atoms with Crippen LogP contribution in [0.2, 0.25) is 5.02 Å². The number of ether oxygens (including phenoxy) is 1. The van der Waals surface area contributed by atoms with Crippen LogP contribution in [0.25, 0.3) is 0 Å². The average molecular weight is 303 g/mol. The zero-order chi connectivity index (χ0) is 14.0. The fourth-order valence-corrected chi connectivity index (χ4v) is 2.22. The van der Waals surface area contributed by atoms with Gasteiger partial charge < -0.3 is 4.74 Å². The van der Waals surface area contributed by atoms with Crippen molar-refractivity contribution in [3.63, 3.8) is 0 Å². The first-order valence-corrected chi connectivity index (χ1v) is 6.60. The van der Waals surface area contributed by atoms with Crippen LogP contribution in [0.15, 0.2) is 18.2 Å². The molecular formula is C13H13Cl2FN2O. The Morgan fingerprint density at radius 1 is 1.42 bits per heavy atom. The maximum atomic E-state index is 13.7. The van der Waals surface area contributed by atoms with Crippen molar-refractivity contribution in [3.05, 3.63) is 46.0 Å². The van der Waals surface area contributed by atoms with Gasteiger partial charge >= 0.3 is 0 Å². The predicted molar refractivity (Wildman–Crippen MR) is 73.2 cm³/mol. The number of nitrogens with zero attached hydrogens (tertiary/aromatic N) is 2. The van der Waals surface area contributed by atoms with Crippen molar-refractivity contribution in [1.29, 1.82) is 0 Å². The number of rotatable bonds is 4. The summed E-state index contributed by atoms with van der Waals surface area (Å²) in [6, 6.07) is 4.66. The summed E-state index contributed by atoms with van der Waals surface area (Å²) in [7, 11) is 1.77. The number of alkyl halides is 1. The molecule has 2 aromatic rings. The van der Waals surface area contributed by atoms with Gasteiger partial charge in [0, 0.05) is 12.6 Å². The molecule has 0 N–H and O–H groups in total. The average Bonchev–Trinajstić information content (AvgIpc) is 2.62. The standard InChI is InChI=1S/C13H13Cl2FN2O/c1-8-12(15)11(18(2)17-8)7-19-13-9(6-14)4-3-5-10(13)16/h3-5H,6-7H2,1-2H3. The molecule has 0 aliphatic rings. The van der Waals surface area contributed by atoms with Gasteiger partial charge in [-0.05, 0) is 13.0 Å². The van der Waals surface area contributed by atoms with Gasteiger partial charge in [-0.15, -0.1) is 11.6 Å². The van der Waals surface area contributed by atoms with Crippen molar-refractivity contribution in [3.8, 4) is 5.75 Å². The highest BCUT2D eigenvalue weighted by Crippen LogP contribution is 2.27. The third-order valence-corrected chi connectivity index (χ3v) is 3.59. The maximum Gasteiger partial charge on any atom is 0.165 e. The third kappa shape index (κ3) is 2.85. The van der Waals surface area contributed by atoms with E-state index in [0.29, 0.717) is 22.0 Å². The summed E-state index contributed by atoms with van der Waals surface area (Å²) in [6.45, 7) is 1.94. The molecule has 0 aliphatic carbocycles. The molecule has 0 aliphatic heterocycles. The Morgan fingerprint density at radius 2 is 2.16 bits per heavy atom. The van der Waals surface area contributed by atoms with E-state index in [0.717, 1.165) is 0 Å². The van der Waals surface area contributed by atoms with Crippen LogP contribution >= 0.6 is 23.2 Å². The van der Waals surface area contributed by atoms with Gasteiger partial charge in [-0.25, -0.2) is 4.39 Å². The van der Waals surface area contributed by atoms with Crippen LogP contribution < -0.4 is 4.74 Å². The Balaban J connectivity index is 2.24. The first kappa shape index (κ1) is 14.2. The van der Waals surface area contributed by atoms with E-state index in [2.05, 4.69) is 5.10 Å². The van der Waals surface area contributed by atoms with Crippen molar-refractivity contribution in [1.82, 2.24) is 9.78 Å². The number of aryl methyl sites for hydroxylation is 2. The molecule has 6 heteroatoms. The summed E-state index contributed by atoms with van der Waals surface area (Å²) in [4.78, 5) is 0. The van der Waals surface area contributed by atoms with Crippen LogP contribution in [0.1, 0.15) is 17.0 Å². The Labute approximate surface area is 120 Å². The molecule has 1 heterocycles. The van der Waals surface area contributed by atoms with Crippen LogP contribution in [0, 0.1) is 12.7 Å². The predicted octanol–water partition coefficient (Wildman–Crippen LogP) is 3.84. The van der Waals surface area contributed by atoms with E-state index in [-0.39, 0.29) is 18.2 Å². The van der Waals surface area contributed by atoms with Crippen molar-refractivity contribution >= 4 is 23.2 Å². The summed E-state index contributed by atoms with van der Waals surface area (Å²) < 4.78 is 20.8.